The van der Waals surface area contributed by atoms with Gasteiger partial charge in [-0.15, -0.1) is 0 Å². The molecule has 0 aliphatic heterocycles. The van der Waals surface area contributed by atoms with Gasteiger partial charge in [-0.25, -0.2) is 0 Å². The number of primary amides is 1. The van der Waals surface area contributed by atoms with Crippen molar-refractivity contribution in [2.24, 2.45) is 12.8 Å². The van der Waals surface area contributed by atoms with Gasteiger partial charge in [0, 0.05) is 7.05 Å². The van der Waals surface area contributed by atoms with Gasteiger partial charge >= 0.3 is 0 Å². The highest BCUT2D eigenvalue weighted by molar-refractivity contribution is 7.16. The molecule has 2 aromatic carbocycles. The van der Waals surface area contributed by atoms with Gasteiger partial charge in [0.1, 0.15) is 18.1 Å². The molecular weight excluding hydrogens is 410 g/mol. The van der Waals surface area contributed by atoms with Crippen LogP contribution in [0.1, 0.15) is 26.4 Å². The summed E-state index contributed by atoms with van der Waals surface area (Å²) in [7, 11) is 1.90. The van der Waals surface area contributed by atoms with Crippen LogP contribution in [-0.2, 0) is 26.5 Å². The predicted molar refractivity (Wildman–Crippen MR) is 120 cm³/mol. The molecule has 0 fully saturated rings. The van der Waals surface area contributed by atoms with Crippen LogP contribution in [0.3, 0.4) is 0 Å². The molecule has 1 aliphatic rings. The Balaban J connectivity index is 1.41. The number of hydrogen-bond acceptors (Lipinski definition) is 5. The number of aryl methyl sites for hydroxylation is 2. The van der Waals surface area contributed by atoms with Crippen LogP contribution in [-0.4, -0.2) is 15.7 Å². The molecule has 0 bridgehead atoms. The second-order valence-corrected chi connectivity index (χ2v) is 8.41. The molecule has 0 radical (unpaired) electrons. The summed E-state index contributed by atoms with van der Waals surface area (Å²) in [5, 5.41) is 5.05. The molecule has 1 aliphatic carbocycles. The van der Waals surface area contributed by atoms with Crippen molar-refractivity contribution >= 4 is 17.2 Å². The van der Waals surface area contributed by atoms with E-state index in [-0.39, 0.29) is 0 Å². The second kappa shape index (κ2) is 7.92. The molecule has 5 rings (SSSR count). The van der Waals surface area contributed by atoms with Gasteiger partial charge in [-0.05, 0) is 53.8 Å². The summed E-state index contributed by atoms with van der Waals surface area (Å²) in [5.74, 6) is 1.00. The molecule has 2 N–H and O–H groups in total. The lowest BCUT2D eigenvalue weighted by molar-refractivity contribution is 0.100. The number of ether oxygens (including phenoxy) is 2. The average Bonchev–Trinajstić information content (AvgIpc) is 3.34. The number of rotatable bonds is 6. The monoisotopic (exact) mass is 431 g/mol. The number of benzene rings is 2. The van der Waals surface area contributed by atoms with Crippen LogP contribution in [0.4, 0.5) is 0 Å². The molecule has 0 unspecified atom stereocenters. The van der Waals surface area contributed by atoms with Crippen molar-refractivity contribution in [3.05, 3.63) is 82.4 Å². The summed E-state index contributed by atoms with van der Waals surface area (Å²) in [4.78, 5) is 12.6. The zero-order valence-corrected chi connectivity index (χ0v) is 17.8. The van der Waals surface area contributed by atoms with Crippen molar-refractivity contribution in [1.29, 1.82) is 0 Å². The van der Waals surface area contributed by atoms with Crippen molar-refractivity contribution in [2.75, 3.05) is 0 Å². The summed E-state index contributed by atoms with van der Waals surface area (Å²) in [6.07, 6.45) is 3.46. The average molecular weight is 432 g/mol. The Labute approximate surface area is 183 Å². The number of nitrogens with two attached hydrogens (primary N) is 1. The summed E-state index contributed by atoms with van der Waals surface area (Å²) in [6, 6.07) is 17.5. The lowest BCUT2D eigenvalue weighted by atomic mass is 9.91. The zero-order valence-electron chi connectivity index (χ0n) is 17.0. The van der Waals surface area contributed by atoms with E-state index in [1.165, 1.54) is 11.3 Å². The molecule has 0 saturated heterocycles. The SMILES string of the molecule is Cn1ncc2c1-c1c(Oc3ccc(OCc4ccccc4)cc3)sc(C(N)=O)c1CC2. The maximum absolute atomic E-state index is 12.0. The molecule has 0 spiro atoms. The van der Waals surface area contributed by atoms with Gasteiger partial charge in [0.2, 0.25) is 0 Å². The molecule has 1 amide bonds. The normalized spacial score (nSPS) is 12.2. The molecule has 2 aromatic heterocycles. The Morgan fingerprint density at radius 2 is 1.84 bits per heavy atom. The lowest BCUT2D eigenvalue weighted by Gasteiger charge is -2.16. The highest BCUT2D eigenvalue weighted by atomic mass is 32.1. The first-order chi connectivity index (χ1) is 15.1. The number of carbonyl (C=O) groups excluding carboxylic acids is 1. The molecule has 4 aromatic rings. The van der Waals surface area contributed by atoms with Gasteiger partial charge in [0.05, 0.1) is 22.3 Å². The molecule has 0 saturated carbocycles. The van der Waals surface area contributed by atoms with Crippen LogP contribution in [0.5, 0.6) is 16.6 Å². The summed E-state index contributed by atoms with van der Waals surface area (Å²) >= 11 is 1.30. The van der Waals surface area contributed by atoms with E-state index in [2.05, 4.69) is 5.10 Å². The Morgan fingerprint density at radius 3 is 2.58 bits per heavy atom. The number of carbonyl (C=O) groups is 1. The largest absolute Gasteiger partial charge is 0.489 e. The molecule has 2 heterocycles. The molecular formula is C24H21N3O3S. The predicted octanol–water partition coefficient (Wildman–Crippen LogP) is 4.72. The van der Waals surface area contributed by atoms with Crippen molar-refractivity contribution < 1.29 is 14.3 Å². The quantitative estimate of drug-likeness (QED) is 0.479. The minimum Gasteiger partial charge on any atom is -0.489 e. The smallest absolute Gasteiger partial charge is 0.259 e. The van der Waals surface area contributed by atoms with Crippen molar-refractivity contribution in [2.45, 2.75) is 19.4 Å². The molecule has 0 atom stereocenters. The van der Waals surface area contributed by atoms with E-state index in [0.29, 0.717) is 22.3 Å². The fourth-order valence-corrected chi connectivity index (χ4v) is 4.96. The molecule has 6 nitrogen and oxygen atoms in total. The van der Waals surface area contributed by atoms with Crippen LogP contribution in [0.2, 0.25) is 0 Å². The number of fused-ring (bicyclic) bond motifs is 3. The van der Waals surface area contributed by atoms with E-state index in [0.717, 1.165) is 46.5 Å². The topological polar surface area (TPSA) is 79.4 Å². The first-order valence-corrected chi connectivity index (χ1v) is 10.8. The van der Waals surface area contributed by atoms with Gasteiger partial charge in [0.25, 0.3) is 5.91 Å². The van der Waals surface area contributed by atoms with Gasteiger partial charge in [-0.1, -0.05) is 41.7 Å². The number of amides is 1. The van der Waals surface area contributed by atoms with Crippen LogP contribution in [0.15, 0.2) is 60.8 Å². The Kier molecular flexibility index (Phi) is 4.95. The number of thiophene rings is 1. The summed E-state index contributed by atoms with van der Waals surface area (Å²) < 4.78 is 13.9. The van der Waals surface area contributed by atoms with E-state index in [9.17, 15) is 4.79 Å². The van der Waals surface area contributed by atoms with Gasteiger partial charge in [-0.2, -0.15) is 5.10 Å². The number of aromatic nitrogens is 2. The van der Waals surface area contributed by atoms with Gasteiger partial charge < -0.3 is 15.2 Å². The van der Waals surface area contributed by atoms with Crippen molar-refractivity contribution in [3.8, 4) is 27.8 Å². The second-order valence-electron chi connectivity index (χ2n) is 7.43. The van der Waals surface area contributed by atoms with E-state index in [1.807, 2.05) is 72.5 Å². The van der Waals surface area contributed by atoms with Crippen LogP contribution in [0.25, 0.3) is 11.3 Å². The lowest BCUT2D eigenvalue weighted by Crippen LogP contribution is -2.13. The Morgan fingerprint density at radius 1 is 1.10 bits per heavy atom. The van der Waals surface area contributed by atoms with Crippen molar-refractivity contribution in [1.82, 2.24) is 9.78 Å². The van der Waals surface area contributed by atoms with Crippen LogP contribution in [0, 0.1) is 0 Å². The van der Waals surface area contributed by atoms with Crippen molar-refractivity contribution in [3.63, 3.8) is 0 Å². The van der Waals surface area contributed by atoms with Crippen LogP contribution >= 0.6 is 11.3 Å². The molecule has 156 valence electrons. The maximum Gasteiger partial charge on any atom is 0.259 e. The maximum atomic E-state index is 12.0. The Hall–Kier alpha value is -3.58. The summed E-state index contributed by atoms with van der Waals surface area (Å²) in [6.45, 7) is 0.505. The van der Waals surface area contributed by atoms with Gasteiger partial charge in [0.15, 0.2) is 5.06 Å². The molecule has 7 heteroatoms. The van der Waals surface area contributed by atoms with E-state index >= 15 is 0 Å². The fourth-order valence-electron chi connectivity index (χ4n) is 3.89. The minimum atomic E-state index is -0.425. The molecule has 31 heavy (non-hydrogen) atoms. The third-order valence-electron chi connectivity index (χ3n) is 5.38. The summed E-state index contributed by atoms with van der Waals surface area (Å²) in [5.41, 5.74) is 10.8. The van der Waals surface area contributed by atoms with Crippen LogP contribution < -0.4 is 15.2 Å². The van der Waals surface area contributed by atoms with Gasteiger partial charge in [-0.3, -0.25) is 9.48 Å². The zero-order chi connectivity index (χ0) is 21.4. The number of hydrogen-bond donors (Lipinski definition) is 1. The Bertz CT molecular complexity index is 1240. The minimum absolute atomic E-state index is 0.425. The van der Waals surface area contributed by atoms with E-state index in [1.54, 1.807) is 0 Å². The standard InChI is InChI=1S/C24H21N3O3S/c1-27-21-16(13-26-27)7-12-19-20(21)24(31-22(19)23(25)28)30-18-10-8-17(9-11-18)29-14-15-5-3-2-4-6-15/h2-6,8-11,13H,7,12,14H2,1H3,(H2,25,28). The van der Waals surface area contributed by atoms with E-state index < -0.39 is 5.91 Å². The highest BCUT2D eigenvalue weighted by Crippen LogP contribution is 2.48. The first kappa shape index (κ1) is 19.4. The third-order valence-corrected chi connectivity index (χ3v) is 6.50. The van der Waals surface area contributed by atoms with E-state index in [4.69, 9.17) is 15.2 Å². The third kappa shape index (κ3) is 3.68. The first-order valence-electron chi connectivity index (χ1n) is 10.0. The number of nitrogens with zero attached hydrogens (tertiary/aromatic N) is 2. The fraction of sp³-hybridized carbons (Fsp3) is 0.167. The highest BCUT2D eigenvalue weighted by Gasteiger charge is 2.30.